The summed E-state index contributed by atoms with van der Waals surface area (Å²) in [5, 5.41) is 30.2. The SMILES string of the molecule is CC1(C)/C(=C\C=C2C(=O)N(CCO)C(=O)N(CCO)C2=O)N(CCOc2ccccc2)c2ccc([N+](=O)[O-])cc21. The lowest BCUT2D eigenvalue weighted by Gasteiger charge is -2.33. The zero-order valence-electron chi connectivity index (χ0n) is 22.1. The van der Waals surface area contributed by atoms with E-state index in [0.29, 0.717) is 23.6 Å². The second kappa shape index (κ2) is 11.7. The van der Waals surface area contributed by atoms with Crippen molar-refractivity contribution in [2.45, 2.75) is 19.3 Å². The van der Waals surface area contributed by atoms with Crippen LogP contribution in [0.25, 0.3) is 0 Å². The first kappa shape index (κ1) is 28.5. The Hall–Kier alpha value is -4.55. The molecule has 0 aromatic heterocycles. The molecule has 0 bridgehead atoms. The number of allylic oxidation sites excluding steroid dienone is 3. The van der Waals surface area contributed by atoms with Crippen molar-refractivity contribution < 1.29 is 34.3 Å². The maximum atomic E-state index is 13.1. The van der Waals surface area contributed by atoms with Gasteiger partial charge >= 0.3 is 6.03 Å². The van der Waals surface area contributed by atoms with E-state index in [0.717, 1.165) is 15.5 Å². The molecule has 0 aliphatic carbocycles. The first-order chi connectivity index (χ1) is 19.1. The van der Waals surface area contributed by atoms with E-state index in [2.05, 4.69) is 0 Å². The van der Waals surface area contributed by atoms with Crippen LogP contribution < -0.4 is 9.64 Å². The molecule has 0 spiro atoms. The van der Waals surface area contributed by atoms with Crippen molar-refractivity contribution >= 4 is 29.2 Å². The highest BCUT2D eigenvalue weighted by Gasteiger charge is 2.43. The van der Waals surface area contributed by atoms with Crippen LogP contribution in [-0.4, -0.2) is 82.2 Å². The minimum Gasteiger partial charge on any atom is -0.492 e. The number of barbiturate groups is 1. The molecule has 4 amide bonds. The second-order valence-electron chi connectivity index (χ2n) is 9.67. The number of rotatable bonds is 10. The molecule has 12 heteroatoms. The Balaban J connectivity index is 1.75. The minimum atomic E-state index is -0.913. The van der Waals surface area contributed by atoms with Gasteiger partial charge in [0.15, 0.2) is 0 Å². The zero-order chi connectivity index (χ0) is 29.0. The number of aliphatic hydroxyl groups is 2. The summed E-state index contributed by atoms with van der Waals surface area (Å²) in [6.07, 6.45) is 2.90. The van der Waals surface area contributed by atoms with Crippen molar-refractivity contribution in [1.82, 2.24) is 9.80 Å². The number of anilines is 1. The molecule has 12 nitrogen and oxygen atoms in total. The summed E-state index contributed by atoms with van der Waals surface area (Å²) < 4.78 is 5.88. The van der Waals surface area contributed by atoms with E-state index in [1.807, 2.05) is 49.1 Å². The third-order valence-electron chi connectivity index (χ3n) is 6.88. The first-order valence-corrected chi connectivity index (χ1v) is 12.7. The highest BCUT2D eigenvalue weighted by Crippen LogP contribution is 2.48. The van der Waals surface area contributed by atoms with Crippen molar-refractivity contribution in [2.24, 2.45) is 0 Å². The van der Waals surface area contributed by atoms with Gasteiger partial charge in [-0.3, -0.25) is 29.5 Å². The first-order valence-electron chi connectivity index (χ1n) is 12.7. The molecule has 210 valence electrons. The lowest BCUT2D eigenvalue weighted by molar-refractivity contribution is -0.384. The number of benzene rings is 2. The number of para-hydroxylation sites is 1. The third kappa shape index (κ3) is 5.31. The number of amides is 4. The Morgan fingerprint density at radius 2 is 1.52 bits per heavy atom. The van der Waals surface area contributed by atoms with Gasteiger partial charge in [-0.2, -0.15) is 0 Å². The topological polar surface area (TPSA) is 154 Å². The standard InChI is InChI=1S/C28H30N4O8/c1-28(2)22-18-19(32(38)39)8-10-23(22)29(14-17-40-20-6-4-3-5-7-20)24(28)11-9-21-25(35)30(12-15-33)27(37)31(13-16-34)26(21)36/h3-11,18,33-34H,12-17H2,1-2H3/b24-11+. The number of aliphatic hydroxyl groups excluding tert-OH is 2. The van der Waals surface area contributed by atoms with Crippen LogP contribution in [0, 0.1) is 10.1 Å². The van der Waals surface area contributed by atoms with Crippen LogP contribution >= 0.6 is 0 Å². The number of hydrogen-bond donors (Lipinski definition) is 2. The van der Waals surface area contributed by atoms with Gasteiger partial charge in [-0.25, -0.2) is 4.79 Å². The van der Waals surface area contributed by atoms with Gasteiger partial charge in [-0.05, 0) is 35.9 Å². The van der Waals surface area contributed by atoms with Gasteiger partial charge in [0, 0.05) is 28.9 Å². The van der Waals surface area contributed by atoms with E-state index in [4.69, 9.17) is 4.74 Å². The van der Waals surface area contributed by atoms with Crippen LogP contribution in [0.3, 0.4) is 0 Å². The Bertz CT molecular complexity index is 1360. The van der Waals surface area contributed by atoms with Crippen LogP contribution in [0.1, 0.15) is 19.4 Å². The lowest BCUT2D eigenvalue weighted by atomic mass is 9.83. The number of β-amino-alcohol motifs (C(OH)–C–C–N with tert-alkyl or cyclic N) is 2. The van der Waals surface area contributed by atoms with Gasteiger partial charge in [0.25, 0.3) is 17.5 Å². The third-order valence-corrected chi connectivity index (χ3v) is 6.88. The van der Waals surface area contributed by atoms with E-state index in [-0.39, 0.29) is 31.0 Å². The summed E-state index contributed by atoms with van der Waals surface area (Å²) in [4.78, 5) is 53.2. The van der Waals surface area contributed by atoms with Crippen molar-refractivity contribution in [3.05, 3.63) is 87.6 Å². The Labute approximate surface area is 230 Å². The van der Waals surface area contributed by atoms with Crippen LogP contribution in [0.2, 0.25) is 0 Å². The van der Waals surface area contributed by atoms with Crippen LogP contribution in [0.4, 0.5) is 16.2 Å². The quantitative estimate of drug-likeness (QED) is 0.196. The molecule has 0 unspecified atom stereocenters. The van der Waals surface area contributed by atoms with Gasteiger partial charge < -0.3 is 19.8 Å². The maximum Gasteiger partial charge on any atom is 0.334 e. The van der Waals surface area contributed by atoms with Crippen molar-refractivity contribution in [3.8, 4) is 5.75 Å². The normalized spacial score (nSPS) is 17.5. The minimum absolute atomic E-state index is 0.0673. The zero-order valence-corrected chi connectivity index (χ0v) is 22.1. The smallest absolute Gasteiger partial charge is 0.334 e. The van der Waals surface area contributed by atoms with Crippen LogP contribution in [0.5, 0.6) is 5.75 Å². The molecule has 2 heterocycles. The number of urea groups is 1. The molecule has 2 aliphatic rings. The molecule has 2 aliphatic heterocycles. The maximum absolute atomic E-state index is 13.1. The van der Waals surface area contributed by atoms with E-state index >= 15 is 0 Å². The van der Waals surface area contributed by atoms with Gasteiger partial charge in [0.05, 0.1) is 37.8 Å². The number of carbonyl (C=O) groups excluding carboxylic acids is 3. The summed E-state index contributed by atoms with van der Waals surface area (Å²) in [6.45, 7) is 2.75. The molecular weight excluding hydrogens is 520 g/mol. The predicted octanol–water partition coefficient (Wildman–Crippen LogP) is 2.36. The summed E-state index contributed by atoms with van der Waals surface area (Å²) in [6, 6.07) is 12.9. The van der Waals surface area contributed by atoms with E-state index < -0.39 is 41.4 Å². The number of fused-ring (bicyclic) bond motifs is 1. The Morgan fingerprint density at radius 3 is 2.10 bits per heavy atom. The largest absolute Gasteiger partial charge is 0.492 e. The van der Waals surface area contributed by atoms with Gasteiger partial charge in [-0.15, -0.1) is 0 Å². The molecule has 40 heavy (non-hydrogen) atoms. The molecule has 4 rings (SSSR count). The highest BCUT2D eigenvalue weighted by molar-refractivity contribution is 6.28. The summed E-state index contributed by atoms with van der Waals surface area (Å²) in [7, 11) is 0. The number of hydrogen-bond acceptors (Lipinski definition) is 9. The van der Waals surface area contributed by atoms with Crippen molar-refractivity contribution in [1.29, 1.82) is 0 Å². The number of carbonyl (C=O) groups is 3. The average molecular weight is 551 g/mol. The van der Waals surface area contributed by atoms with Crippen molar-refractivity contribution in [2.75, 3.05) is 44.4 Å². The second-order valence-corrected chi connectivity index (χ2v) is 9.67. The molecule has 2 aromatic rings. The van der Waals surface area contributed by atoms with Gasteiger partial charge in [0.2, 0.25) is 0 Å². The van der Waals surface area contributed by atoms with E-state index in [9.17, 15) is 34.7 Å². The van der Waals surface area contributed by atoms with Gasteiger partial charge in [0.1, 0.15) is 17.9 Å². The average Bonchev–Trinajstić information content (AvgIpc) is 3.14. The molecule has 1 saturated heterocycles. The number of nitro benzene ring substituents is 1. The predicted molar refractivity (Wildman–Crippen MR) is 145 cm³/mol. The summed E-state index contributed by atoms with van der Waals surface area (Å²) >= 11 is 0. The Morgan fingerprint density at radius 1 is 0.900 bits per heavy atom. The molecular formula is C28H30N4O8. The molecule has 1 fully saturated rings. The lowest BCUT2D eigenvalue weighted by Crippen LogP contribution is -2.57. The fourth-order valence-corrected chi connectivity index (χ4v) is 4.89. The number of nitro groups is 1. The van der Waals surface area contributed by atoms with Crippen molar-refractivity contribution in [3.63, 3.8) is 0 Å². The number of ether oxygens (including phenoxy) is 1. The monoisotopic (exact) mass is 550 g/mol. The fourth-order valence-electron chi connectivity index (χ4n) is 4.89. The highest BCUT2D eigenvalue weighted by atomic mass is 16.6. The fraction of sp³-hybridized carbons (Fsp3) is 0.321. The van der Waals surface area contributed by atoms with Crippen LogP contribution in [-0.2, 0) is 15.0 Å². The molecule has 0 atom stereocenters. The van der Waals surface area contributed by atoms with Crippen LogP contribution in [0.15, 0.2) is 72.0 Å². The van der Waals surface area contributed by atoms with E-state index in [1.165, 1.54) is 18.2 Å². The molecule has 0 radical (unpaired) electrons. The summed E-state index contributed by atoms with van der Waals surface area (Å²) in [5.41, 5.74) is 0.905. The molecule has 0 saturated carbocycles. The Kier molecular flexibility index (Phi) is 8.31. The van der Waals surface area contributed by atoms with E-state index in [1.54, 1.807) is 12.1 Å². The van der Waals surface area contributed by atoms with Gasteiger partial charge in [-0.1, -0.05) is 32.0 Å². The molecule has 2 aromatic carbocycles. The number of nitrogens with zero attached hydrogens (tertiary/aromatic N) is 4. The number of imide groups is 2. The molecule has 2 N–H and O–H groups in total. The number of non-ortho nitro benzene ring substituents is 1. The summed E-state index contributed by atoms with van der Waals surface area (Å²) in [5.74, 6) is -1.05.